The minimum absolute atomic E-state index is 0.480. The first-order chi connectivity index (χ1) is 11.2. The SMILES string of the molecule is CCCCCCCCCCCCC(Nc1ccccc1)C(=O)O. The fraction of sp³-hybridized carbons (Fsp3) is 0.650. The van der Waals surface area contributed by atoms with Crippen LogP contribution in [0.3, 0.4) is 0 Å². The van der Waals surface area contributed by atoms with E-state index in [1.54, 1.807) is 0 Å². The molecule has 0 radical (unpaired) electrons. The first kappa shape index (κ1) is 19.5. The minimum Gasteiger partial charge on any atom is -0.480 e. The Morgan fingerprint density at radius 3 is 1.96 bits per heavy atom. The van der Waals surface area contributed by atoms with Gasteiger partial charge >= 0.3 is 5.97 Å². The number of hydrogen-bond acceptors (Lipinski definition) is 2. The normalized spacial score (nSPS) is 12.0. The molecule has 0 saturated heterocycles. The van der Waals surface area contributed by atoms with Gasteiger partial charge in [0.2, 0.25) is 0 Å². The van der Waals surface area contributed by atoms with E-state index in [4.69, 9.17) is 0 Å². The van der Waals surface area contributed by atoms with Crippen LogP contribution >= 0.6 is 0 Å². The van der Waals surface area contributed by atoms with E-state index in [0.29, 0.717) is 6.42 Å². The molecule has 3 heteroatoms. The Labute approximate surface area is 141 Å². The molecule has 0 aromatic heterocycles. The second-order valence-corrected chi connectivity index (χ2v) is 6.37. The second kappa shape index (κ2) is 13.0. The number of carbonyl (C=O) groups is 1. The van der Waals surface area contributed by atoms with Crippen molar-refractivity contribution >= 4 is 11.7 Å². The molecule has 0 aliphatic carbocycles. The van der Waals surface area contributed by atoms with Gasteiger partial charge < -0.3 is 10.4 Å². The lowest BCUT2D eigenvalue weighted by Gasteiger charge is -2.15. The number of unbranched alkanes of at least 4 members (excludes halogenated alkanes) is 9. The number of benzene rings is 1. The second-order valence-electron chi connectivity index (χ2n) is 6.37. The Hall–Kier alpha value is -1.51. The van der Waals surface area contributed by atoms with Gasteiger partial charge in [-0.2, -0.15) is 0 Å². The van der Waals surface area contributed by atoms with E-state index < -0.39 is 12.0 Å². The van der Waals surface area contributed by atoms with Gasteiger partial charge in [0, 0.05) is 5.69 Å². The van der Waals surface area contributed by atoms with Crippen molar-refractivity contribution in [1.29, 1.82) is 0 Å². The third-order valence-corrected chi connectivity index (χ3v) is 4.26. The van der Waals surface area contributed by atoms with Crippen LogP contribution in [-0.2, 0) is 4.79 Å². The highest BCUT2D eigenvalue weighted by Crippen LogP contribution is 2.14. The highest BCUT2D eigenvalue weighted by atomic mass is 16.4. The standard InChI is InChI=1S/C20H33NO2/c1-2-3-4-5-6-7-8-9-10-14-17-19(20(22)23)21-18-15-12-11-13-16-18/h11-13,15-16,19,21H,2-10,14,17H2,1H3,(H,22,23). The van der Waals surface area contributed by atoms with Crippen molar-refractivity contribution in [2.45, 2.75) is 83.6 Å². The van der Waals surface area contributed by atoms with Gasteiger partial charge in [0.05, 0.1) is 0 Å². The van der Waals surface area contributed by atoms with Gasteiger partial charge in [-0.15, -0.1) is 0 Å². The molecule has 1 atom stereocenters. The maximum absolute atomic E-state index is 11.3. The zero-order valence-corrected chi connectivity index (χ0v) is 14.6. The van der Waals surface area contributed by atoms with Crippen LogP contribution in [0.25, 0.3) is 0 Å². The Kier molecular flexibility index (Phi) is 11.0. The summed E-state index contributed by atoms with van der Waals surface area (Å²) in [6.45, 7) is 2.25. The van der Waals surface area contributed by atoms with Gasteiger partial charge in [-0.05, 0) is 18.6 Å². The lowest BCUT2D eigenvalue weighted by molar-refractivity contribution is -0.138. The summed E-state index contributed by atoms with van der Waals surface area (Å²) < 4.78 is 0. The summed E-state index contributed by atoms with van der Waals surface area (Å²) in [7, 11) is 0. The molecule has 1 aromatic rings. The van der Waals surface area contributed by atoms with Crippen molar-refractivity contribution < 1.29 is 9.90 Å². The molecule has 0 heterocycles. The number of hydrogen-bond donors (Lipinski definition) is 2. The van der Waals surface area contributed by atoms with Gasteiger partial charge in [-0.3, -0.25) is 0 Å². The molecule has 1 aromatic carbocycles. The summed E-state index contributed by atoms with van der Waals surface area (Å²) in [5, 5.41) is 12.4. The largest absolute Gasteiger partial charge is 0.480 e. The lowest BCUT2D eigenvalue weighted by Crippen LogP contribution is -2.29. The topological polar surface area (TPSA) is 49.3 Å². The highest BCUT2D eigenvalue weighted by molar-refractivity contribution is 5.77. The van der Waals surface area contributed by atoms with Crippen LogP contribution < -0.4 is 5.32 Å². The van der Waals surface area contributed by atoms with Crippen LogP contribution in [0.5, 0.6) is 0 Å². The summed E-state index contributed by atoms with van der Waals surface area (Å²) in [6, 6.07) is 9.11. The number of carboxylic acids is 1. The number of para-hydroxylation sites is 1. The zero-order chi connectivity index (χ0) is 16.8. The van der Waals surface area contributed by atoms with Crippen LogP contribution in [-0.4, -0.2) is 17.1 Å². The van der Waals surface area contributed by atoms with Crippen molar-refractivity contribution in [3.8, 4) is 0 Å². The summed E-state index contributed by atoms with van der Waals surface area (Å²) in [6.07, 6.45) is 13.4. The Morgan fingerprint density at radius 1 is 0.913 bits per heavy atom. The molecule has 0 spiro atoms. The fourth-order valence-corrected chi connectivity index (χ4v) is 2.83. The van der Waals surface area contributed by atoms with Gasteiger partial charge in [-0.1, -0.05) is 89.3 Å². The smallest absolute Gasteiger partial charge is 0.326 e. The molecule has 0 bridgehead atoms. The number of anilines is 1. The zero-order valence-electron chi connectivity index (χ0n) is 14.6. The maximum atomic E-state index is 11.3. The average molecular weight is 319 g/mol. The minimum atomic E-state index is -0.759. The quantitative estimate of drug-likeness (QED) is 0.422. The molecular weight excluding hydrogens is 286 g/mol. The predicted molar refractivity (Wildman–Crippen MR) is 97.9 cm³/mol. The lowest BCUT2D eigenvalue weighted by atomic mass is 10.0. The van der Waals surface area contributed by atoms with E-state index in [2.05, 4.69) is 12.2 Å². The number of carboxylic acid groups (broad SMARTS) is 1. The molecule has 0 aliphatic rings. The van der Waals surface area contributed by atoms with Crippen molar-refractivity contribution in [3.05, 3.63) is 30.3 Å². The Morgan fingerprint density at radius 2 is 1.43 bits per heavy atom. The molecule has 1 rings (SSSR count). The molecule has 23 heavy (non-hydrogen) atoms. The molecule has 0 saturated carbocycles. The third-order valence-electron chi connectivity index (χ3n) is 4.26. The number of rotatable bonds is 14. The van der Waals surface area contributed by atoms with Crippen LogP contribution in [0.1, 0.15) is 77.6 Å². The molecule has 2 N–H and O–H groups in total. The first-order valence-electron chi connectivity index (χ1n) is 9.28. The predicted octanol–water partition coefficient (Wildman–Crippen LogP) is 5.86. The fourth-order valence-electron chi connectivity index (χ4n) is 2.83. The maximum Gasteiger partial charge on any atom is 0.326 e. The van der Waals surface area contributed by atoms with E-state index in [1.165, 1.54) is 51.4 Å². The summed E-state index contributed by atoms with van der Waals surface area (Å²) in [5.41, 5.74) is 0.881. The van der Waals surface area contributed by atoms with Crippen molar-refractivity contribution in [1.82, 2.24) is 0 Å². The van der Waals surface area contributed by atoms with Gasteiger partial charge in [0.1, 0.15) is 6.04 Å². The Bertz CT molecular complexity index is 405. The number of aliphatic carboxylic acids is 1. The van der Waals surface area contributed by atoms with Crippen LogP contribution in [0.4, 0.5) is 5.69 Å². The molecular formula is C20H33NO2. The van der Waals surface area contributed by atoms with Crippen LogP contribution in [0.15, 0.2) is 30.3 Å². The molecule has 3 nitrogen and oxygen atoms in total. The molecule has 0 amide bonds. The van der Waals surface area contributed by atoms with Crippen molar-refractivity contribution in [2.24, 2.45) is 0 Å². The van der Waals surface area contributed by atoms with Crippen LogP contribution in [0.2, 0.25) is 0 Å². The van der Waals surface area contributed by atoms with E-state index in [1.807, 2.05) is 30.3 Å². The summed E-state index contributed by atoms with van der Waals surface area (Å²) in [4.78, 5) is 11.3. The van der Waals surface area contributed by atoms with Gasteiger partial charge in [0.15, 0.2) is 0 Å². The van der Waals surface area contributed by atoms with Crippen molar-refractivity contribution in [2.75, 3.05) is 5.32 Å². The monoisotopic (exact) mass is 319 g/mol. The van der Waals surface area contributed by atoms with E-state index in [9.17, 15) is 9.90 Å². The van der Waals surface area contributed by atoms with E-state index >= 15 is 0 Å². The molecule has 0 aliphatic heterocycles. The summed E-state index contributed by atoms with van der Waals surface area (Å²) >= 11 is 0. The molecule has 1 unspecified atom stereocenters. The highest BCUT2D eigenvalue weighted by Gasteiger charge is 2.16. The van der Waals surface area contributed by atoms with E-state index in [0.717, 1.165) is 18.5 Å². The Balaban J connectivity index is 2.06. The van der Waals surface area contributed by atoms with Gasteiger partial charge in [-0.25, -0.2) is 4.79 Å². The summed E-state index contributed by atoms with van der Waals surface area (Å²) in [5.74, 6) is -0.759. The molecule has 130 valence electrons. The van der Waals surface area contributed by atoms with Crippen molar-refractivity contribution in [3.63, 3.8) is 0 Å². The first-order valence-corrected chi connectivity index (χ1v) is 9.28. The van der Waals surface area contributed by atoms with Gasteiger partial charge in [0.25, 0.3) is 0 Å². The molecule has 0 fully saturated rings. The van der Waals surface area contributed by atoms with Crippen LogP contribution in [0, 0.1) is 0 Å². The third kappa shape index (κ3) is 9.98. The average Bonchev–Trinajstić information content (AvgIpc) is 2.56. The van der Waals surface area contributed by atoms with E-state index in [-0.39, 0.29) is 0 Å². The number of nitrogens with one attached hydrogen (secondary N) is 1.